The Kier molecular flexibility index (Phi) is 4.53. The minimum absolute atomic E-state index is 0.0619. The van der Waals surface area contributed by atoms with Crippen LogP contribution in [0.4, 0.5) is 0 Å². The summed E-state index contributed by atoms with van der Waals surface area (Å²) < 4.78 is 1.44. The summed E-state index contributed by atoms with van der Waals surface area (Å²) in [4.78, 5) is 25.3. The third kappa shape index (κ3) is 3.45. The minimum Gasteiger partial charge on any atom is -0.349 e. The molecule has 0 aliphatic heterocycles. The smallest absolute Gasteiger partial charge is 0.258 e. The van der Waals surface area contributed by atoms with Crippen molar-refractivity contribution in [2.45, 2.75) is 6.54 Å². The van der Waals surface area contributed by atoms with Crippen LogP contribution in [-0.4, -0.2) is 37.7 Å². The molecule has 2 rings (SSSR count). The van der Waals surface area contributed by atoms with Gasteiger partial charge in [-0.2, -0.15) is 0 Å². The molecule has 0 saturated carbocycles. The Morgan fingerprint density at radius 2 is 2.00 bits per heavy atom. The van der Waals surface area contributed by atoms with Crippen LogP contribution in [0.15, 0.2) is 41.3 Å². The molecule has 20 heavy (non-hydrogen) atoms. The van der Waals surface area contributed by atoms with Gasteiger partial charge in [-0.05, 0) is 17.5 Å². The Bertz CT molecular complexity index is 661. The Hall–Kier alpha value is -2.14. The van der Waals surface area contributed by atoms with Crippen molar-refractivity contribution < 1.29 is 9.69 Å². The average molecular weight is 274 g/mol. The molecule has 0 spiro atoms. The van der Waals surface area contributed by atoms with Crippen LogP contribution in [0.1, 0.15) is 0 Å². The van der Waals surface area contributed by atoms with Crippen LogP contribution < -0.4 is 15.8 Å². The lowest BCUT2D eigenvalue weighted by atomic mass is 10.2. The zero-order valence-electron chi connectivity index (χ0n) is 11.8. The molecule has 0 bridgehead atoms. The third-order valence-corrected chi connectivity index (χ3v) is 3.15. The number of pyridine rings is 1. The first-order chi connectivity index (χ1) is 9.58. The first kappa shape index (κ1) is 14.3. The molecule has 1 heterocycles. The van der Waals surface area contributed by atoms with Gasteiger partial charge in [-0.15, -0.1) is 0 Å². The Morgan fingerprint density at radius 1 is 1.25 bits per heavy atom. The molecule has 0 aliphatic carbocycles. The van der Waals surface area contributed by atoms with E-state index < -0.39 is 0 Å². The Morgan fingerprint density at radius 3 is 2.75 bits per heavy atom. The first-order valence-electron chi connectivity index (χ1n) is 6.72. The van der Waals surface area contributed by atoms with E-state index in [0.29, 0.717) is 11.9 Å². The summed E-state index contributed by atoms with van der Waals surface area (Å²) in [6.45, 7) is 1.54. The SMILES string of the molecule is C[NH+](C)CCNC(=O)Cn1ccc2ccccc2c1=O. The van der Waals surface area contributed by atoms with Crippen LogP contribution in [0.3, 0.4) is 0 Å². The van der Waals surface area contributed by atoms with Crippen molar-refractivity contribution in [3.05, 3.63) is 46.9 Å². The van der Waals surface area contributed by atoms with E-state index in [9.17, 15) is 9.59 Å². The fourth-order valence-corrected chi connectivity index (χ4v) is 2.02. The fourth-order valence-electron chi connectivity index (χ4n) is 2.02. The van der Waals surface area contributed by atoms with Gasteiger partial charge in [0.1, 0.15) is 6.54 Å². The standard InChI is InChI=1S/C15H19N3O2/c1-17(2)10-8-16-14(19)11-18-9-7-12-5-3-4-6-13(12)15(18)20/h3-7,9H,8,10-11H2,1-2H3,(H,16,19)/p+1. The minimum atomic E-state index is -0.136. The lowest BCUT2D eigenvalue weighted by Gasteiger charge is -2.10. The largest absolute Gasteiger partial charge is 0.349 e. The van der Waals surface area contributed by atoms with Crippen LogP contribution >= 0.6 is 0 Å². The van der Waals surface area contributed by atoms with E-state index in [-0.39, 0.29) is 18.0 Å². The number of carbonyl (C=O) groups is 1. The maximum absolute atomic E-state index is 12.2. The second-order valence-corrected chi connectivity index (χ2v) is 5.14. The van der Waals surface area contributed by atoms with Gasteiger partial charge in [0.05, 0.1) is 27.2 Å². The molecule has 0 fully saturated rings. The zero-order valence-corrected chi connectivity index (χ0v) is 11.8. The molecular weight excluding hydrogens is 254 g/mol. The number of amides is 1. The highest BCUT2D eigenvalue weighted by Gasteiger charge is 2.07. The maximum Gasteiger partial charge on any atom is 0.258 e. The van der Waals surface area contributed by atoms with Crippen LogP contribution in [-0.2, 0) is 11.3 Å². The van der Waals surface area contributed by atoms with Crippen molar-refractivity contribution in [3.63, 3.8) is 0 Å². The van der Waals surface area contributed by atoms with Crippen molar-refractivity contribution in [2.24, 2.45) is 0 Å². The fraction of sp³-hybridized carbons (Fsp3) is 0.333. The summed E-state index contributed by atoms with van der Waals surface area (Å²) in [5.74, 6) is -0.136. The quantitative estimate of drug-likeness (QED) is 0.755. The zero-order chi connectivity index (χ0) is 14.5. The molecule has 0 atom stereocenters. The Labute approximate surface area is 117 Å². The average Bonchev–Trinajstić information content (AvgIpc) is 2.42. The topological polar surface area (TPSA) is 55.5 Å². The van der Waals surface area contributed by atoms with Crippen LogP contribution in [0.5, 0.6) is 0 Å². The van der Waals surface area contributed by atoms with Gasteiger partial charge in [0.2, 0.25) is 5.91 Å². The van der Waals surface area contributed by atoms with Crippen LogP contribution in [0.25, 0.3) is 10.8 Å². The molecule has 1 amide bonds. The van der Waals surface area contributed by atoms with E-state index in [2.05, 4.69) is 5.32 Å². The van der Waals surface area contributed by atoms with E-state index in [0.717, 1.165) is 11.9 Å². The number of nitrogens with zero attached hydrogens (tertiary/aromatic N) is 1. The number of nitrogens with one attached hydrogen (secondary N) is 2. The number of quaternary nitrogens is 1. The van der Waals surface area contributed by atoms with Gasteiger partial charge in [-0.3, -0.25) is 9.59 Å². The molecule has 0 unspecified atom stereocenters. The lowest BCUT2D eigenvalue weighted by Crippen LogP contribution is -3.06. The first-order valence-corrected chi connectivity index (χ1v) is 6.72. The van der Waals surface area contributed by atoms with E-state index in [1.54, 1.807) is 12.3 Å². The second-order valence-electron chi connectivity index (χ2n) is 5.14. The molecule has 0 saturated heterocycles. The normalized spacial score (nSPS) is 10.9. The number of likely N-dealkylation sites (N-methyl/N-ethyl adjacent to an activating group) is 1. The van der Waals surface area contributed by atoms with Crippen molar-refractivity contribution >= 4 is 16.7 Å². The van der Waals surface area contributed by atoms with Gasteiger partial charge in [0, 0.05) is 11.6 Å². The van der Waals surface area contributed by atoms with Crippen molar-refractivity contribution in [1.29, 1.82) is 0 Å². The van der Waals surface area contributed by atoms with Gasteiger partial charge < -0.3 is 14.8 Å². The van der Waals surface area contributed by atoms with Gasteiger partial charge in [-0.1, -0.05) is 18.2 Å². The highest BCUT2D eigenvalue weighted by Crippen LogP contribution is 2.07. The summed E-state index contributed by atoms with van der Waals surface area (Å²) in [6, 6.07) is 9.24. The maximum atomic E-state index is 12.2. The predicted molar refractivity (Wildman–Crippen MR) is 78.9 cm³/mol. The number of fused-ring (bicyclic) bond motifs is 1. The molecule has 5 heteroatoms. The van der Waals surface area contributed by atoms with Crippen molar-refractivity contribution in [3.8, 4) is 0 Å². The number of hydrogen-bond donors (Lipinski definition) is 2. The summed E-state index contributed by atoms with van der Waals surface area (Å²) in [6.07, 6.45) is 1.67. The number of aromatic nitrogens is 1. The number of hydrogen-bond acceptors (Lipinski definition) is 2. The van der Waals surface area contributed by atoms with Crippen molar-refractivity contribution in [1.82, 2.24) is 9.88 Å². The monoisotopic (exact) mass is 274 g/mol. The summed E-state index contributed by atoms with van der Waals surface area (Å²) >= 11 is 0. The van der Waals surface area contributed by atoms with E-state index in [1.165, 1.54) is 9.47 Å². The van der Waals surface area contributed by atoms with Gasteiger partial charge in [-0.25, -0.2) is 0 Å². The lowest BCUT2D eigenvalue weighted by molar-refractivity contribution is -0.856. The van der Waals surface area contributed by atoms with E-state index in [4.69, 9.17) is 0 Å². The highest BCUT2D eigenvalue weighted by molar-refractivity contribution is 5.82. The second kappa shape index (κ2) is 6.34. The number of benzene rings is 1. The van der Waals surface area contributed by atoms with Gasteiger partial charge >= 0.3 is 0 Å². The third-order valence-electron chi connectivity index (χ3n) is 3.15. The van der Waals surface area contributed by atoms with Crippen LogP contribution in [0.2, 0.25) is 0 Å². The molecule has 1 aromatic carbocycles. The number of carbonyl (C=O) groups excluding carboxylic acids is 1. The summed E-state index contributed by atoms with van der Waals surface area (Å²) in [5, 5.41) is 4.35. The van der Waals surface area contributed by atoms with Crippen molar-refractivity contribution in [2.75, 3.05) is 27.2 Å². The molecule has 0 radical (unpaired) electrons. The summed E-state index contributed by atoms with van der Waals surface area (Å²) in [7, 11) is 4.06. The molecule has 1 aromatic heterocycles. The molecule has 106 valence electrons. The molecular formula is C15H20N3O2+. The Balaban J connectivity index is 2.08. The molecule has 5 nitrogen and oxygen atoms in total. The molecule has 2 N–H and O–H groups in total. The summed E-state index contributed by atoms with van der Waals surface area (Å²) in [5.41, 5.74) is -0.128. The van der Waals surface area contributed by atoms with E-state index in [1.807, 2.05) is 38.4 Å². The van der Waals surface area contributed by atoms with Crippen LogP contribution in [0, 0.1) is 0 Å². The van der Waals surface area contributed by atoms with Gasteiger partial charge in [0.15, 0.2) is 0 Å². The molecule has 0 aliphatic rings. The van der Waals surface area contributed by atoms with E-state index >= 15 is 0 Å². The highest BCUT2D eigenvalue weighted by atomic mass is 16.2. The van der Waals surface area contributed by atoms with Gasteiger partial charge in [0.25, 0.3) is 5.56 Å². The number of rotatable bonds is 5. The predicted octanol–water partition coefficient (Wildman–Crippen LogP) is -0.738. The molecule has 2 aromatic rings.